The first kappa shape index (κ1) is 18.7. The van der Waals surface area contributed by atoms with Gasteiger partial charge in [0.05, 0.1) is 32.8 Å². The SMILES string of the molecule is CC(C)COC(=O)CC1C(=O)NCCN1C(=O)CN1CCOCC1. The third kappa shape index (κ3) is 5.45. The average Bonchev–Trinajstić information content (AvgIpc) is 2.55. The van der Waals surface area contributed by atoms with Gasteiger partial charge in [0.1, 0.15) is 6.04 Å². The molecule has 0 saturated carbocycles. The highest BCUT2D eigenvalue weighted by molar-refractivity contribution is 5.92. The number of piperazine rings is 1. The summed E-state index contributed by atoms with van der Waals surface area (Å²) in [4.78, 5) is 40.2. The van der Waals surface area contributed by atoms with Crippen LogP contribution in [0.15, 0.2) is 0 Å². The van der Waals surface area contributed by atoms with Crippen molar-refractivity contribution in [1.82, 2.24) is 15.1 Å². The minimum absolute atomic E-state index is 0.104. The smallest absolute Gasteiger partial charge is 0.308 e. The molecule has 0 radical (unpaired) electrons. The van der Waals surface area contributed by atoms with Gasteiger partial charge in [0.25, 0.3) is 0 Å². The Morgan fingerprint density at radius 1 is 1.29 bits per heavy atom. The Bertz CT molecular complexity index is 463. The molecule has 24 heavy (non-hydrogen) atoms. The number of hydrogen-bond donors (Lipinski definition) is 1. The van der Waals surface area contributed by atoms with Crippen molar-refractivity contribution in [3.63, 3.8) is 0 Å². The maximum Gasteiger partial charge on any atom is 0.308 e. The van der Waals surface area contributed by atoms with Gasteiger partial charge in [-0.25, -0.2) is 0 Å². The number of hydrogen-bond acceptors (Lipinski definition) is 6. The Morgan fingerprint density at radius 3 is 2.67 bits per heavy atom. The maximum atomic E-state index is 12.6. The molecule has 2 fully saturated rings. The molecule has 1 N–H and O–H groups in total. The van der Waals surface area contributed by atoms with E-state index in [2.05, 4.69) is 5.32 Å². The van der Waals surface area contributed by atoms with E-state index in [9.17, 15) is 14.4 Å². The van der Waals surface area contributed by atoms with E-state index >= 15 is 0 Å². The first-order chi connectivity index (χ1) is 11.5. The summed E-state index contributed by atoms with van der Waals surface area (Å²) in [5.74, 6) is -0.644. The van der Waals surface area contributed by atoms with Gasteiger partial charge in [-0.15, -0.1) is 0 Å². The first-order valence-electron chi connectivity index (χ1n) is 8.50. The summed E-state index contributed by atoms with van der Waals surface area (Å²) in [6.45, 7) is 7.89. The normalized spacial score (nSPS) is 22.4. The van der Waals surface area contributed by atoms with Crippen molar-refractivity contribution in [2.45, 2.75) is 26.3 Å². The number of morpholine rings is 1. The summed E-state index contributed by atoms with van der Waals surface area (Å²) in [5.41, 5.74) is 0. The third-order valence-electron chi connectivity index (χ3n) is 4.05. The van der Waals surface area contributed by atoms with Gasteiger partial charge >= 0.3 is 5.97 Å². The fourth-order valence-corrected chi connectivity index (χ4v) is 2.73. The Hall–Kier alpha value is -1.67. The van der Waals surface area contributed by atoms with Crippen LogP contribution in [0.3, 0.4) is 0 Å². The minimum Gasteiger partial charge on any atom is -0.465 e. The van der Waals surface area contributed by atoms with E-state index in [0.717, 1.165) is 0 Å². The molecule has 2 saturated heterocycles. The minimum atomic E-state index is -0.785. The van der Waals surface area contributed by atoms with Crippen LogP contribution >= 0.6 is 0 Å². The molecule has 2 aliphatic rings. The fourth-order valence-electron chi connectivity index (χ4n) is 2.73. The van der Waals surface area contributed by atoms with Gasteiger partial charge in [0, 0.05) is 26.2 Å². The summed E-state index contributed by atoms with van der Waals surface area (Å²) in [6.07, 6.45) is -0.104. The molecular weight excluding hydrogens is 314 g/mol. The van der Waals surface area contributed by atoms with Gasteiger partial charge in [-0.3, -0.25) is 19.3 Å². The lowest BCUT2D eigenvalue weighted by Gasteiger charge is -2.36. The predicted molar refractivity (Wildman–Crippen MR) is 86.2 cm³/mol. The van der Waals surface area contributed by atoms with Crippen LogP contribution in [-0.4, -0.2) is 86.2 Å². The molecule has 136 valence electrons. The van der Waals surface area contributed by atoms with Crippen LogP contribution < -0.4 is 5.32 Å². The number of carbonyl (C=O) groups is 3. The Balaban J connectivity index is 1.93. The van der Waals surface area contributed by atoms with Gasteiger partial charge in [-0.05, 0) is 5.92 Å². The van der Waals surface area contributed by atoms with Gasteiger partial charge < -0.3 is 19.7 Å². The second-order valence-corrected chi connectivity index (χ2v) is 6.56. The maximum absolute atomic E-state index is 12.6. The monoisotopic (exact) mass is 341 g/mol. The van der Waals surface area contributed by atoms with Crippen LogP contribution in [0.2, 0.25) is 0 Å². The van der Waals surface area contributed by atoms with Crippen LogP contribution in [0.1, 0.15) is 20.3 Å². The molecule has 2 rings (SSSR count). The summed E-state index contributed by atoms with van der Waals surface area (Å²) < 4.78 is 10.4. The van der Waals surface area contributed by atoms with Crippen molar-refractivity contribution in [2.24, 2.45) is 5.92 Å². The quantitative estimate of drug-likeness (QED) is 0.639. The number of esters is 1. The standard InChI is InChI=1S/C16H27N3O5/c1-12(2)11-24-15(21)9-13-16(22)17-3-4-19(13)14(20)10-18-5-7-23-8-6-18/h12-13H,3-11H2,1-2H3,(H,17,22). The van der Waals surface area contributed by atoms with Crippen LogP contribution in [-0.2, 0) is 23.9 Å². The predicted octanol–water partition coefficient (Wildman–Crippen LogP) is -0.765. The molecule has 8 nitrogen and oxygen atoms in total. The van der Waals surface area contributed by atoms with E-state index in [0.29, 0.717) is 46.0 Å². The Morgan fingerprint density at radius 2 is 2.00 bits per heavy atom. The van der Waals surface area contributed by atoms with Gasteiger partial charge in [-0.1, -0.05) is 13.8 Å². The first-order valence-corrected chi connectivity index (χ1v) is 8.50. The Labute approximate surface area is 142 Å². The molecule has 1 atom stereocenters. The molecule has 0 aromatic carbocycles. The van der Waals surface area contributed by atoms with Crippen molar-refractivity contribution < 1.29 is 23.9 Å². The highest BCUT2D eigenvalue weighted by Gasteiger charge is 2.35. The van der Waals surface area contributed by atoms with Crippen molar-refractivity contribution in [3.8, 4) is 0 Å². The van der Waals surface area contributed by atoms with Crippen LogP contribution in [0.5, 0.6) is 0 Å². The molecule has 0 spiro atoms. The molecule has 2 amide bonds. The second kappa shape index (κ2) is 8.98. The zero-order chi connectivity index (χ0) is 17.5. The summed E-state index contributed by atoms with van der Waals surface area (Å²) in [6, 6.07) is -0.785. The van der Waals surface area contributed by atoms with Gasteiger partial charge in [0.2, 0.25) is 11.8 Å². The molecule has 8 heteroatoms. The lowest BCUT2D eigenvalue weighted by molar-refractivity contribution is -0.153. The summed E-state index contributed by atoms with van der Waals surface area (Å²) in [7, 11) is 0. The van der Waals surface area contributed by atoms with Crippen LogP contribution in [0.25, 0.3) is 0 Å². The number of ether oxygens (including phenoxy) is 2. The van der Waals surface area contributed by atoms with Crippen molar-refractivity contribution in [3.05, 3.63) is 0 Å². The summed E-state index contributed by atoms with van der Waals surface area (Å²) in [5, 5.41) is 2.72. The largest absolute Gasteiger partial charge is 0.465 e. The van der Waals surface area contributed by atoms with E-state index in [4.69, 9.17) is 9.47 Å². The Kier molecular flexibility index (Phi) is 6.99. The zero-order valence-electron chi connectivity index (χ0n) is 14.5. The number of carbonyl (C=O) groups excluding carboxylic acids is 3. The number of nitrogens with one attached hydrogen (secondary N) is 1. The lowest BCUT2D eigenvalue weighted by atomic mass is 10.1. The molecule has 1 unspecified atom stereocenters. The third-order valence-corrected chi connectivity index (χ3v) is 4.05. The molecule has 0 aromatic rings. The molecule has 0 aliphatic carbocycles. The molecule has 2 aliphatic heterocycles. The van der Waals surface area contributed by atoms with Crippen molar-refractivity contribution in [1.29, 1.82) is 0 Å². The highest BCUT2D eigenvalue weighted by atomic mass is 16.5. The summed E-state index contributed by atoms with van der Waals surface area (Å²) >= 11 is 0. The van der Waals surface area contributed by atoms with Gasteiger partial charge in [-0.2, -0.15) is 0 Å². The van der Waals surface area contributed by atoms with E-state index in [1.807, 2.05) is 18.7 Å². The zero-order valence-corrected chi connectivity index (χ0v) is 14.5. The van der Waals surface area contributed by atoms with E-state index in [1.165, 1.54) is 4.90 Å². The molecule has 2 heterocycles. The van der Waals surface area contributed by atoms with Crippen LogP contribution in [0.4, 0.5) is 0 Å². The van der Waals surface area contributed by atoms with Crippen molar-refractivity contribution >= 4 is 17.8 Å². The van der Waals surface area contributed by atoms with E-state index in [-0.39, 0.29) is 30.7 Å². The number of nitrogens with zero attached hydrogens (tertiary/aromatic N) is 2. The molecule has 0 bridgehead atoms. The van der Waals surface area contributed by atoms with Gasteiger partial charge in [0.15, 0.2) is 0 Å². The van der Waals surface area contributed by atoms with E-state index < -0.39 is 12.0 Å². The lowest BCUT2D eigenvalue weighted by Crippen LogP contribution is -2.59. The van der Waals surface area contributed by atoms with Crippen LogP contribution in [0, 0.1) is 5.92 Å². The number of rotatable bonds is 6. The molecule has 0 aromatic heterocycles. The van der Waals surface area contributed by atoms with E-state index in [1.54, 1.807) is 0 Å². The molecular formula is C16H27N3O5. The average molecular weight is 341 g/mol. The highest BCUT2D eigenvalue weighted by Crippen LogP contribution is 2.12. The number of amides is 2. The van der Waals surface area contributed by atoms with Crippen molar-refractivity contribution in [2.75, 3.05) is 52.5 Å². The topological polar surface area (TPSA) is 88.2 Å². The fraction of sp³-hybridized carbons (Fsp3) is 0.812. The second-order valence-electron chi connectivity index (χ2n) is 6.56.